The number of hydrogen-bond acceptors (Lipinski definition) is 3. The lowest BCUT2D eigenvalue weighted by atomic mass is 10.2. The lowest BCUT2D eigenvalue weighted by Gasteiger charge is -2.06. The Kier molecular flexibility index (Phi) is 3.89. The van der Waals surface area contributed by atoms with E-state index in [1.54, 1.807) is 0 Å². The van der Waals surface area contributed by atoms with Crippen molar-refractivity contribution in [2.45, 2.75) is 38.7 Å². The van der Waals surface area contributed by atoms with E-state index in [0.717, 1.165) is 19.3 Å². The van der Waals surface area contributed by atoms with E-state index in [1.165, 1.54) is 0 Å². The van der Waals surface area contributed by atoms with Crippen molar-refractivity contribution in [2.24, 2.45) is 0 Å². The van der Waals surface area contributed by atoms with Crippen molar-refractivity contribution in [1.82, 2.24) is 5.32 Å². The van der Waals surface area contributed by atoms with Crippen molar-refractivity contribution in [3.8, 4) is 0 Å². The van der Waals surface area contributed by atoms with Crippen LogP contribution in [0.15, 0.2) is 0 Å². The maximum atomic E-state index is 11.0. The minimum atomic E-state index is -0.538. The average molecular weight is 185 g/mol. The van der Waals surface area contributed by atoms with Gasteiger partial charge in [-0.25, -0.2) is 0 Å². The zero-order valence-electron chi connectivity index (χ0n) is 7.84. The second-order valence-corrected chi connectivity index (χ2v) is 3.18. The molecule has 1 atom stereocenters. The number of carbonyl (C=O) groups excluding carboxylic acids is 2. The molecule has 0 bridgehead atoms. The predicted molar refractivity (Wildman–Crippen MR) is 47.0 cm³/mol. The largest absolute Gasteiger partial charge is 0.368 e. The zero-order valence-corrected chi connectivity index (χ0v) is 7.84. The van der Waals surface area contributed by atoms with Crippen LogP contribution in [-0.2, 0) is 14.3 Å². The molecule has 1 aliphatic heterocycles. The van der Waals surface area contributed by atoms with Crippen LogP contribution in [0.2, 0.25) is 0 Å². The summed E-state index contributed by atoms with van der Waals surface area (Å²) in [5.41, 5.74) is 0. The van der Waals surface area contributed by atoms with Crippen LogP contribution < -0.4 is 5.32 Å². The van der Waals surface area contributed by atoms with Crippen LogP contribution in [0.4, 0.5) is 0 Å². The molecule has 0 spiro atoms. The van der Waals surface area contributed by atoms with Gasteiger partial charge in [-0.1, -0.05) is 19.8 Å². The van der Waals surface area contributed by atoms with Gasteiger partial charge in [-0.2, -0.15) is 0 Å². The van der Waals surface area contributed by atoms with E-state index >= 15 is 0 Å². The van der Waals surface area contributed by atoms with Gasteiger partial charge in [0.1, 0.15) is 6.10 Å². The molecular formula is C9H15NO3. The van der Waals surface area contributed by atoms with E-state index in [4.69, 9.17) is 4.74 Å². The Bertz CT molecular complexity index is 203. The first-order chi connectivity index (χ1) is 6.24. The number of ether oxygens (including phenoxy) is 1. The predicted octanol–water partition coefficient (Wildman–Crippen LogP) is 0.608. The summed E-state index contributed by atoms with van der Waals surface area (Å²) in [5.74, 6) is -0.521. The van der Waals surface area contributed by atoms with Crippen LogP contribution in [0, 0.1) is 0 Å². The van der Waals surface area contributed by atoms with Gasteiger partial charge in [-0.15, -0.1) is 0 Å². The van der Waals surface area contributed by atoms with Gasteiger partial charge in [0.05, 0.1) is 6.42 Å². The van der Waals surface area contributed by atoms with Gasteiger partial charge < -0.3 is 4.74 Å². The third-order valence-electron chi connectivity index (χ3n) is 1.99. The first-order valence-electron chi connectivity index (χ1n) is 4.69. The molecule has 0 saturated carbocycles. The summed E-state index contributed by atoms with van der Waals surface area (Å²) in [5, 5.41) is 2.20. The van der Waals surface area contributed by atoms with Gasteiger partial charge in [0.25, 0.3) is 5.91 Å². The molecule has 1 unspecified atom stereocenters. The summed E-state index contributed by atoms with van der Waals surface area (Å²) < 4.78 is 5.25. The quantitative estimate of drug-likeness (QED) is 0.504. The third kappa shape index (κ3) is 3.14. The smallest absolute Gasteiger partial charge is 0.256 e. The second kappa shape index (κ2) is 4.97. The Morgan fingerprint density at radius 1 is 1.46 bits per heavy atom. The van der Waals surface area contributed by atoms with Crippen molar-refractivity contribution < 1.29 is 14.3 Å². The van der Waals surface area contributed by atoms with Crippen LogP contribution in [0.25, 0.3) is 0 Å². The van der Waals surface area contributed by atoms with Crippen LogP contribution in [0.1, 0.15) is 32.6 Å². The van der Waals surface area contributed by atoms with Gasteiger partial charge in [-0.3, -0.25) is 14.9 Å². The van der Waals surface area contributed by atoms with E-state index < -0.39 is 6.10 Å². The molecule has 0 aliphatic carbocycles. The van der Waals surface area contributed by atoms with Gasteiger partial charge in [0.2, 0.25) is 5.91 Å². The topological polar surface area (TPSA) is 55.4 Å². The van der Waals surface area contributed by atoms with Crippen molar-refractivity contribution in [3.63, 3.8) is 0 Å². The molecule has 4 heteroatoms. The summed E-state index contributed by atoms with van der Waals surface area (Å²) in [7, 11) is 0. The molecule has 1 fully saturated rings. The minimum absolute atomic E-state index is 0.185. The van der Waals surface area contributed by atoms with Crippen LogP contribution >= 0.6 is 0 Å². The standard InChI is InChI=1S/C9H15NO3/c1-2-3-4-5-13-7-6-8(11)10-9(7)12/h7H,2-6H2,1H3,(H,10,11,12). The molecule has 1 rings (SSSR count). The molecular weight excluding hydrogens is 170 g/mol. The van der Waals surface area contributed by atoms with E-state index in [1.807, 2.05) is 0 Å². The van der Waals surface area contributed by atoms with E-state index in [0.29, 0.717) is 6.61 Å². The fourth-order valence-electron chi connectivity index (χ4n) is 1.24. The minimum Gasteiger partial charge on any atom is -0.368 e. The van der Waals surface area contributed by atoms with Gasteiger partial charge >= 0.3 is 0 Å². The van der Waals surface area contributed by atoms with Crippen molar-refractivity contribution >= 4 is 11.8 Å². The molecule has 1 heterocycles. The molecule has 0 aromatic rings. The summed E-state index contributed by atoms with van der Waals surface area (Å²) in [6.45, 7) is 2.67. The van der Waals surface area contributed by atoms with Crippen molar-refractivity contribution in [3.05, 3.63) is 0 Å². The Morgan fingerprint density at radius 2 is 2.23 bits per heavy atom. The van der Waals surface area contributed by atoms with Crippen molar-refractivity contribution in [1.29, 1.82) is 0 Å². The molecule has 1 saturated heterocycles. The first-order valence-corrected chi connectivity index (χ1v) is 4.69. The number of hydrogen-bond donors (Lipinski definition) is 1. The highest BCUT2D eigenvalue weighted by Crippen LogP contribution is 2.07. The van der Waals surface area contributed by atoms with E-state index in [-0.39, 0.29) is 18.2 Å². The Labute approximate surface area is 77.6 Å². The Hall–Kier alpha value is -0.900. The molecule has 2 amide bonds. The maximum absolute atomic E-state index is 11.0. The summed E-state index contributed by atoms with van der Waals surface area (Å²) in [6.07, 6.45) is 2.82. The average Bonchev–Trinajstić information content (AvgIpc) is 2.39. The molecule has 1 aliphatic rings. The highest BCUT2D eigenvalue weighted by atomic mass is 16.5. The molecule has 4 nitrogen and oxygen atoms in total. The summed E-state index contributed by atoms with van der Waals surface area (Å²) >= 11 is 0. The summed E-state index contributed by atoms with van der Waals surface area (Å²) in [6, 6.07) is 0. The monoisotopic (exact) mass is 185 g/mol. The number of imide groups is 1. The van der Waals surface area contributed by atoms with Crippen molar-refractivity contribution in [2.75, 3.05) is 6.61 Å². The second-order valence-electron chi connectivity index (χ2n) is 3.18. The molecule has 0 aromatic carbocycles. The molecule has 0 aromatic heterocycles. The van der Waals surface area contributed by atoms with Gasteiger partial charge in [0, 0.05) is 6.61 Å². The molecule has 0 radical (unpaired) electrons. The fourth-order valence-corrected chi connectivity index (χ4v) is 1.24. The number of rotatable bonds is 5. The number of carbonyl (C=O) groups is 2. The highest BCUT2D eigenvalue weighted by Gasteiger charge is 2.30. The fraction of sp³-hybridized carbons (Fsp3) is 0.778. The normalized spacial score (nSPS) is 22.1. The van der Waals surface area contributed by atoms with E-state index in [2.05, 4.69) is 12.2 Å². The van der Waals surface area contributed by atoms with Crippen LogP contribution in [0.5, 0.6) is 0 Å². The zero-order chi connectivity index (χ0) is 9.68. The summed E-state index contributed by atoms with van der Waals surface area (Å²) in [4.78, 5) is 21.7. The van der Waals surface area contributed by atoms with Crippen LogP contribution in [0.3, 0.4) is 0 Å². The SMILES string of the molecule is CCCCCOC1CC(=O)NC1=O. The molecule has 13 heavy (non-hydrogen) atoms. The van der Waals surface area contributed by atoms with Gasteiger partial charge in [0.15, 0.2) is 0 Å². The van der Waals surface area contributed by atoms with E-state index in [9.17, 15) is 9.59 Å². The number of unbranched alkanes of at least 4 members (excludes halogenated alkanes) is 2. The lowest BCUT2D eigenvalue weighted by Crippen LogP contribution is -2.26. The Morgan fingerprint density at radius 3 is 2.77 bits per heavy atom. The maximum Gasteiger partial charge on any atom is 0.256 e. The number of nitrogens with one attached hydrogen (secondary N) is 1. The molecule has 74 valence electrons. The number of amides is 2. The van der Waals surface area contributed by atoms with Crippen LogP contribution in [-0.4, -0.2) is 24.5 Å². The molecule has 1 N–H and O–H groups in total. The lowest BCUT2D eigenvalue weighted by molar-refractivity contribution is -0.129. The third-order valence-corrected chi connectivity index (χ3v) is 1.99. The van der Waals surface area contributed by atoms with Gasteiger partial charge in [-0.05, 0) is 6.42 Å². The highest BCUT2D eigenvalue weighted by molar-refractivity contribution is 6.04. The first kappa shape index (κ1) is 10.2. The Balaban J connectivity index is 2.14.